The lowest BCUT2D eigenvalue weighted by molar-refractivity contribution is -0.120. The molecule has 1 N–H and O–H groups in total. The van der Waals surface area contributed by atoms with E-state index in [1.54, 1.807) is 11.8 Å². The Labute approximate surface area is 137 Å². The van der Waals surface area contributed by atoms with E-state index in [4.69, 9.17) is 4.98 Å². The van der Waals surface area contributed by atoms with Crippen LogP contribution >= 0.6 is 11.8 Å². The quantitative estimate of drug-likeness (QED) is 0.922. The molecule has 0 spiro atoms. The number of amides is 1. The molecule has 4 nitrogen and oxygen atoms in total. The molecule has 22 heavy (non-hydrogen) atoms. The van der Waals surface area contributed by atoms with Gasteiger partial charge in [0.05, 0.1) is 10.9 Å². The van der Waals surface area contributed by atoms with E-state index in [-0.39, 0.29) is 11.2 Å². The van der Waals surface area contributed by atoms with Gasteiger partial charge in [-0.1, -0.05) is 37.4 Å². The van der Waals surface area contributed by atoms with Crippen molar-refractivity contribution in [1.29, 1.82) is 0 Å². The Morgan fingerprint density at radius 2 is 1.82 bits per heavy atom. The second-order valence-corrected chi connectivity index (χ2v) is 7.79. The number of imidazole rings is 1. The third kappa shape index (κ3) is 3.34. The zero-order valence-electron chi connectivity index (χ0n) is 13.7. The van der Waals surface area contributed by atoms with Crippen LogP contribution in [0.1, 0.15) is 68.8 Å². The van der Waals surface area contributed by atoms with E-state index in [1.807, 2.05) is 0 Å². The standard InChI is InChI=1S/C17H27N3OS/c1-12-13(2)20(14-8-4-3-5-9-14)17(19-12)22-15-10-6-7-11-18-16(15)21/h14-15H,3-11H2,1-2H3,(H,18,21). The summed E-state index contributed by atoms with van der Waals surface area (Å²) < 4.78 is 2.43. The molecule has 1 saturated carbocycles. The Balaban J connectivity index is 1.83. The molecule has 1 aromatic rings. The van der Waals surface area contributed by atoms with Crippen molar-refractivity contribution in [3.8, 4) is 0 Å². The fraction of sp³-hybridized carbons (Fsp3) is 0.765. The highest BCUT2D eigenvalue weighted by Crippen LogP contribution is 2.36. The van der Waals surface area contributed by atoms with Gasteiger partial charge in [0.15, 0.2) is 5.16 Å². The van der Waals surface area contributed by atoms with Gasteiger partial charge in [0, 0.05) is 18.3 Å². The molecule has 1 aliphatic heterocycles. The number of nitrogens with one attached hydrogen (secondary N) is 1. The van der Waals surface area contributed by atoms with Gasteiger partial charge >= 0.3 is 0 Å². The lowest BCUT2D eigenvalue weighted by Crippen LogP contribution is -2.31. The van der Waals surface area contributed by atoms with Gasteiger partial charge in [-0.3, -0.25) is 4.79 Å². The number of hydrogen-bond donors (Lipinski definition) is 1. The molecule has 1 aromatic heterocycles. The second kappa shape index (κ2) is 7.07. The van der Waals surface area contributed by atoms with Gasteiger partial charge in [-0.15, -0.1) is 0 Å². The molecule has 2 heterocycles. The first-order valence-corrected chi connectivity index (χ1v) is 9.54. The van der Waals surface area contributed by atoms with Crippen LogP contribution in [0.2, 0.25) is 0 Å². The first-order valence-electron chi connectivity index (χ1n) is 8.66. The maximum absolute atomic E-state index is 12.2. The highest BCUT2D eigenvalue weighted by atomic mass is 32.2. The Hall–Kier alpha value is -0.970. The van der Waals surface area contributed by atoms with Crippen molar-refractivity contribution >= 4 is 17.7 Å². The van der Waals surface area contributed by atoms with E-state index in [0.29, 0.717) is 6.04 Å². The molecule has 1 aliphatic carbocycles. The van der Waals surface area contributed by atoms with E-state index in [1.165, 1.54) is 37.8 Å². The third-order valence-corrected chi connectivity index (χ3v) is 6.26. The Morgan fingerprint density at radius 3 is 2.59 bits per heavy atom. The predicted molar refractivity (Wildman–Crippen MR) is 90.3 cm³/mol. The van der Waals surface area contributed by atoms with Gasteiger partial charge in [-0.25, -0.2) is 4.98 Å². The Morgan fingerprint density at radius 1 is 1.09 bits per heavy atom. The largest absolute Gasteiger partial charge is 0.355 e. The minimum absolute atomic E-state index is 0.0195. The number of carbonyl (C=O) groups excluding carboxylic acids is 1. The average Bonchev–Trinajstić information content (AvgIpc) is 2.67. The minimum atomic E-state index is 0.0195. The summed E-state index contributed by atoms with van der Waals surface area (Å²) in [5.74, 6) is 0.191. The van der Waals surface area contributed by atoms with Crippen molar-refractivity contribution in [2.45, 2.75) is 81.7 Å². The first-order chi connectivity index (χ1) is 10.7. The van der Waals surface area contributed by atoms with Gasteiger partial charge in [-0.2, -0.15) is 0 Å². The molecule has 2 fully saturated rings. The molecule has 3 rings (SSSR count). The second-order valence-electron chi connectivity index (χ2n) is 6.62. The van der Waals surface area contributed by atoms with E-state index >= 15 is 0 Å². The number of nitrogens with zero attached hydrogens (tertiary/aromatic N) is 2. The Kier molecular flexibility index (Phi) is 5.11. The smallest absolute Gasteiger partial charge is 0.233 e. The predicted octanol–water partition coefficient (Wildman–Crippen LogP) is 3.77. The third-order valence-electron chi connectivity index (χ3n) is 5.03. The van der Waals surface area contributed by atoms with E-state index < -0.39 is 0 Å². The summed E-state index contributed by atoms with van der Waals surface area (Å²) >= 11 is 1.68. The SMILES string of the molecule is Cc1nc(SC2CCCCNC2=O)n(C2CCCCC2)c1C. The number of rotatable bonds is 3. The summed E-state index contributed by atoms with van der Waals surface area (Å²) in [6.45, 7) is 5.09. The van der Waals surface area contributed by atoms with Crippen molar-refractivity contribution < 1.29 is 4.79 Å². The zero-order valence-corrected chi connectivity index (χ0v) is 14.5. The topological polar surface area (TPSA) is 46.9 Å². The molecular formula is C17H27N3OS. The van der Waals surface area contributed by atoms with Gasteiger partial charge in [0.1, 0.15) is 0 Å². The first kappa shape index (κ1) is 15.9. The van der Waals surface area contributed by atoms with Gasteiger partial charge in [0.2, 0.25) is 5.91 Å². The number of thioether (sulfide) groups is 1. The fourth-order valence-corrected chi connectivity index (χ4v) is 4.92. The van der Waals surface area contributed by atoms with Crippen LogP contribution in [0.15, 0.2) is 5.16 Å². The molecule has 1 amide bonds. The maximum Gasteiger partial charge on any atom is 0.233 e. The molecule has 1 unspecified atom stereocenters. The minimum Gasteiger partial charge on any atom is -0.355 e. The van der Waals surface area contributed by atoms with Crippen LogP contribution < -0.4 is 5.32 Å². The van der Waals surface area contributed by atoms with Crippen LogP contribution in [0.5, 0.6) is 0 Å². The molecule has 0 radical (unpaired) electrons. The average molecular weight is 321 g/mol. The van der Waals surface area contributed by atoms with Crippen LogP contribution in [-0.2, 0) is 4.79 Å². The van der Waals surface area contributed by atoms with Crippen LogP contribution in [-0.4, -0.2) is 27.3 Å². The summed E-state index contributed by atoms with van der Waals surface area (Å²) in [6.07, 6.45) is 9.67. The fourth-order valence-electron chi connectivity index (χ4n) is 3.60. The molecule has 2 aliphatic rings. The molecule has 0 bridgehead atoms. The maximum atomic E-state index is 12.2. The molecule has 0 aromatic carbocycles. The van der Waals surface area contributed by atoms with Crippen molar-refractivity contribution in [1.82, 2.24) is 14.9 Å². The highest BCUT2D eigenvalue weighted by molar-refractivity contribution is 8.00. The molecule has 122 valence electrons. The molecular weight excluding hydrogens is 294 g/mol. The summed E-state index contributed by atoms with van der Waals surface area (Å²) in [6, 6.07) is 0.575. The number of hydrogen-bond acceptors (Lipinski definition) is 3. The van der Waals surface area contributed by atoms with Gasteiger partial charge in [0.25, 0.3) is 0 Å². The summed E-state index contributed by atoms with van der Waals surface area (Å²) in [5, 5.41) is 4.12. The normalized spacial score (nSPS) is 24.1. The van der Waals surface area contributed by atoms with Crippen molar-refractivity contribution in [3.05, 3.63) is 11.4 Å². The number of aromatic nitrogens is 2. The number of aryl methyl sites for hydroxylation is 1. The van der Waals surface area contributed by atoms with E-state index in [0.717, 1.165) is 36.7 Å². The van der Waals surface area contributed by atoms with Crippen molar-refractivity contribution in [2.24, 2.45) is 0 Å². The van der Waals surface area contributed by atoms with Crippen LogP contribution in [0, 0.1) is 13.8 Å². The van der Waals surface area contributed by atoms with Crippen molar-refractivity contribution in [2.75, 3.05) is 6.54 Å². The molecule has 5 heteroatoms. The lowest BCUT2D eigenvalue weighted by Gasteiger charge is -2.26. The summed E-state index contributed by atoms with van der Waals surface area (Å²) in [4.78, 5) is 17.0. The zero-order chi connectivity index (χ0) is 15.5. The van der Waals surface area contributed by atoms with Crippen LogP contribution in [0.25, 0.3) is 0 Å². The molecule has 1 atom stereocenters. The summed E-state index contributed by atoms with van der Waals surface area (Å²) in [5.41, 5.74) is 2.39. The van der Waals surface area contributed by atoms with Crippen molar-refractivity contribution in [3.63, 3.8) is 0 Å². The van der Waals surface area contributed by atoms with E-state index in [9.17, 15) is 4.79 Å². The highest BCUT2D eigenvalue weighted by Gasteiger charge is 2.27. The summed E-state index contributed by atoms with van der Waals surface area (Å²) in [7, 11) is 0. The van der Waals surface area contributed by atoms with Crippen LogP contribution in [0.3, 0.4) is 0 Å². The Bertz CT molecular complexity index is 534. The van der Waals surface area contributed by atoms with Gasteiger partial charge in [-0.05, 0) is 39.5 Å². The van der Waals surface area contributed by atoms with E-state index in [2.05, 4.69) is 23.7 Å². The lowest BCUT2D eigenvalue weighted by atomic mass is 9.95. The van der Waals surface area contributed by atoms with Crippen LogP contribution in [0.4, 0.5) is 0 Å². The van der Waals surface area contributed by atoms with Gasteiger partial charge < -0.3 is 9.88 Å². The molecule has 1 saturated heterocycles. The number of carbonyl (C=O) groups is 1. The monoisotopic (exact) mass is 321 g/mol.